The van der Waals surface area contributed by atoms with Gasteiger partial charge in [-0.05, 0) is 49.0 Å². The number of ketones is 1. The number of aryl methyl sites for hydroxylation is 1. The maximum absolute atomic E-state index is 11.3. The highest BCUT2D eigenvalue weighted by molar-refractivity contribution is 5.90. The SMILES string of the molecule is COc1ccc(CC[C@@H]2CC=CC(=O)C2)cc1. The van der Waals surface area contributed by atoms with Gasteiger partial charge in [0.15, 0.2) is 5.78 Å². The number of methoxy groups -OCH3 is 1. The Kier molecular flexibility index (Phi) is 3.97. The van der Waals surface area contributed by atoms with Crippen LogP contribution in [0.3, 0.4) is 0 Å². The first-order chi connectivity index (χ1) is 8.28. The quantitative estimate of drug-likeness (QED) is 0.794. The van der Waals surface area contributed by atoms with Crippen LogP contribution in [0.5, 0.6) is 5.75 Å². The second kappa shape index (κ2) is 5.67. The Bertz CT molecular complexity index is 403. The van der Waals surface area contributed by atoms with Crippen LogP contribution in [-0.4, -0.2) is 12.9 Å². The number of hydrogen-bond donors (Lipinski definition) is 0. The molecule has 0 unspecified atom stereocenters. The first-order valence-electron chi connectivity index (χ1n) is 6.10. The molecule has 1 atom stereocenters. The topological polar surface area (TPSA) is 26.3 Å². The van der Waals surface area contributed by atoms with Crippen LogP contribution in [0, 0.1) is 5.92 Å². The van der Waals surface area contributed by atoms with Crippen LogP contribution < -0.4 is 4.74 Å². The summed E-state index contributed by atoms with van der Waals surface area (Å²) in [5, 5.41) is 0. The van der Waals surface area contributed by atoms with Gasteiger partial charge in [0.1, 0.15) is 5.75 Å². The van der Waals surface area contributed by atoms with Crippen molar-refractivity contribution in [3.8, 4) is 5.75 Å². The Morgan fingerprint density at radius 1 is 1.29 bits per heavy atom. The zero-order valence-corrected chi connectivity index (χ0v) is 10.2. The lowest BCUT2D eigenvalue weighted by Gasteiger charge is -2.16. The minimum atomic E-state index is 0.274. The standard InChI is InChI=1S/C15H18O2/c1-17-15-9-7-12(8-10-15)5-6-13-3-2-4-14(16)11-13/h2,4,7-10,13H,3,5-6,11H2,1H3/t13-/m0/s1. The molecule has 0 aromatic heterocycles. The molecule has 0 fully saturated rings. The van der Waals surface area contributed by atoms with E-state index in [-0.39, 0.29) is 5.78 Å². The molecule has 1 aromatic carbocycles. The summed E-state index contributed by atoms with van der Waals surface area (Å²) >= 11 is 0. The lowest BCUT2D eigenvalue weighted by molar-refractivity contribution is -0.115. The average Bonchev–Trinajstić information content (AvgIpc) is 2.37. The summed E-state index contributed by atoms with van der Waals surface area (Å²) in [5.41, 5.74) is 1.31. The predicted octanol–water partition coefficient (Wildman–Crippen LogP) is 3.16. The molecular formula is C15H18O2. The van der Waals surface area contributed by atoms with Crippen molar-refractivity contribution in [2.24, 2.45) is 5.92 Å². The molecule has 0 radical (unpaired) electrons. The Morgan fingerprint density at radius 2 is 2.06 bits per heavy atom. The van der Waals surface area contributed by atoms with Crippen LogP contribution in [0.4, 0.5) is 0 Å². The van der Waals surface area contributed by atoms with E-state index in [9.17, 15) is 4.79 Å². The third-order valence-electron chi connectivity index (χ3n) is 3.26. The summed E-state index contributed by atoms with van der Waals surface area (Å²) in [6.45, 7) is 0. The van der Waals surface area contributed by atoms with Crippen molar-refractivity contribution in [2.45, 2.75) is 25.7 Å². The zero-order valence-electron chi connectivity index (χ0n) is 10.2. The zero-order chi connectivity index (χ0) is 12.1. The van der Waals surface area contributed by atoms with Gasteiger partial charge in [-0.1, -0.05) is 18.2 Å². The average molecular weight is 230 g/mol. The number of carbonyl (C=O) groups is 1. The molecule has 90 valence electrons. The van der Waals surface area contributed by atoms with Gasteiger partial charge in [0.2, 0.25) is 0 Å². The van der Waals surface area contributed by atoms with Crippen LogP contribution in [0.1, 0.15) is 24.8 Å². The number of rotatable bonds is 4. The molecule has 0 saturated heterocycles. The second-order valence-corrected chi connectivity index (χ2v) is 4.56. The first kappa shape index (κ1) is 11.9. The number of hydrogen-bond acceptors (Lipinski definition) is 2. The Labute approximate surface area is 102 Å². The Hall–Kier alpha value is -1.57. The van der Waals surface area contributed by atoms with Crippen LogP contribution in [0.2, 0.25) is 0 Å². The molecule has 0 amide bonds. The van der Waals surface area contributed by atoms with Gasteiger partial charge >= 0.3 is 0 Å². The van der Waals surface area contributed by atoms with Crippen molar-refractivity contribution in [2.75, 3.05) is 7.11 Å². The molecule has 1 aliphatic rings. The second-order valence-electron chi connectivity index (χ2n) is 4.56. The molecule has 0 N–H and O–H groups in total. The summed E-state index contributed by atoms with van der Waals surface area (Å²) in [5.74, 6) is 1.69. The molecule has 2 heteroatoms. The molecule has 2 nitrogen and oxygen atoms in total. The van der Waals surface area contributed by atoms with Crippen molar-refractivity contribution >= 4 is 5.78 Å². The van der Waals surface area contributed by atoms with Gasteiger partial charge in [0.25, 0.3) is 0 Å². The molecule has 1 aromatic rings. The molecule has 17 heavy (non-hydrogen) atoms. The highest BCUT2D eigenvalue weighted by Crippen LogP contribution is 2.22. The van der Waals surface area contributed by atoms with Gasteiger partial charge in [-0.25, -0.2) is 0 Å². The number of carbonyl (C=O) groups excluding carboxylic acids is 1. The van der Waals surface area contributed by atoms with E-state index >= 15 is 0 Å². The van der Waals surface area contributed by atoms with Crippen LogP contribution in [-0.2, 0) is 11.2 Å². The van der Waals surface area contributed by atoms with Crippen LogP contribution in [0.25, 0.3) is 0 Å². The maximum atomic E-state index is 11.3. The summed E-state index contributed by atoms with van der Waals surface area (Å²) in [7, 11) is 1.68. The van der Waals surface area contributed by atoms with Crippen molar-refractivity contribution in [3.63, 3.8) is 0 Å². The van der Waals surface area contributed by atoms with Crippen LogP contribution in [0.15, 0.2) is 36.4 Å². The minimum absolute atomic E-state index is 0.274. The molecule has 1 aliphatic carbocycles. The largest absolute Gasteiger partial charge is 0.497 e. The molecule has 0 aliphatic heterocycles. The van der Waals surface area contributed by atoms with Gasteiger partial charge in [-0.15, -0.1) is 0 Å². The monoisotopic (exact) mass is 230 g/mol. The highest BCUT2D eigenvalue weighted by Gasteiger charge is 2.14. The molecular weight excluding hydrogens is 212 g/mol. The Balaban J connectivity index is 1.85. The fourth-order valence-electron chi connectivity index (χ4n) is 2.21. The summed E-state index contributed by atoms with van der Waals surface area (Å²) in [6, 6.07) is 8.17. The van der Waals surface area contributed by atoms with E-state index in [0.717, 1.165) is 25.0 Å². The summed E-state index contributed by atoms with van der Waals surface area (Å²) in [4.78, 5) is 11.3. The van der Waals surface area contributed by atoms with E-state index in [0.29, 0.717) is 12.3 Å². The van der Waals surface area contributed by atoms with Crippen molar-refractivity contribution in [3.05, 3.63) is 42.0 Å². The maximum Gasteiger partial charge on any atom is 0.155 e. The van der Waals surface area contributed by atoms with Crippen molar-refractivity contribution in [1.29, 1.82) is 0 Å². The van der Waals surface area contributed by atoms with Gasteiger partial charge in [-0.3, -0.25) is 4.79 Å². The molecule has 0 spiro atoms. The van der Waals surface area contributed by atoms with Gasteiger partial charge in [-0.2, -0.15) is 0 Å². The van der Waals surface area contributed by atoms with Gasteiger partial charge in [0, 0.05) is 6.42 Å². The van der Waals surface area contributed by atoms with E-state index in [1.54, 1.807) is 13.2 Å². The van der Waals surface area contributed by atoms with E-state index in [1.165, 1.54) is 5.56 Å². The van der Waals surface area contributed by atoms with E-state index in [2.05, 4.69) is 12.1 Å². The minimum Gasteiger partial charge on any atom is -0.497 e. The summed E-state index contributed by atoms with van der Waals surface area (Å²) < 4.78 is 5.12. The third-order valence-corrected chi connectivity index (χ3v) is 3.26. The molecule has 0 bridgehead atoms. The molecule has 0 saturated carbocycles. The molecule has 2 rings (SSSR count). The number of ether oxygens (including phenoxy) is 1. The normalized spacial score (nSPS) is 19.4. The smallest absolute Gasteiger partial charge is 0.155 e. The highest BCUT2D eigenvalue weighted by atomic mass is 16.5. The van der Waals surface area contributed by atoms with E-state index < -0.39 is 0 Å². The Morgan fingerprint density at radius 3 is 2.71 bits per heavy atom. The van der Waals surface area contributed by atoms with E-state index in [4.69, 9.17) is 4.74 Å². The van der Waals surface area contributed by atoms with Gasteiger partial charge < -0.3 is 4.74 Å². The van der Waals surface area contributed by atoms with Gasteiger partial charge in [0.05, 0.1) is 7.11 Å². The predicted molar refractivity (Wildman–Crippen MR) is 68.2 cm³/mol. The first-order valence-corrected chi connectivity index (χ1v) is 6.10. The lowest BCUT2D eigenvalue weighted by atomic mass is 9.88. The lowest BCUT2D eigenvalue weighted by Crippen LogP contribution is -2.11. The van der Waals surface area contributed by atoms with Crippen molar-refractivity contribution in [1.82, 2.24) is 0 Å². The fourth-order valence-corrected chi connectivity index (χ4v) is 2.21. The third kappa shape index (κ3) is 3.45. The molecule has 0 heterocycles. The van der Waals surface area contributed by atoms with E-state index in [1.807, 2.05) is 18.2 Å². The number of allylic oxidation sites excluding steroid dienone is 2. The van der Waals surface area contributed by atoms with Crippen LogP contribution >= 0.6 is 0 Å². The summed E-state index contributed by atoms with van der Waals surface area (Å²) in [6.07, 6.45) is 7.60. The fraction of sp³-hybridized carbons (Fsp3) is 0.400. The number of benzene rings is 1. The van der Waals surface area contributed by atoms with Crippen molar-refractivity contribution < 1.29 is 9.53 Å².